The maximum atomic E-state index is 13.9. The molecular formula is C32H43F3N4O5S. The third kappa shape index (κ3) is 9.55. The van der Waals surface area contributed by atoms with Crippen LogP contribution in [0, 0.1) is 0 Å². The van der Waals surface area contributed by atoms with Gasteiger partial charge in [-0.15, -0.1) is 12.6 Å². The molecule has 2 saturated carbocycles. The van der Waals surface area contributed by atoms with Crippen LogP contribution in [-0.4, -0.2) is 70.0 Å². The fraction of sp³-hybridized carbons (Fsp3) is 0.625. The van der Waals surface area contributed by atoms with Crippen molar-refractivity contribution >= 4 is 24.5 Å². The maximum absolute atomic E-state index is 13.9. The van der Waals surface area contributed by atoms with E-state index in [0.29, 0.717) is 30.6 Å². The van der Waals surface area contributed by atoms with E-state index >= 15 is 0 Å². The van der Waals surface area contributed by atoms with E-state index < -0.39 is 17.5 Å². The van der Waals surface area contributed by atoms with Crippen molar-refractivity contribution in [2.75, 3.05) is 26.2 Å². The minimum atomic E-state index is -5.08. The summed E-state index contributed by atoms with van der Waals surface area (Å²) in [6.07, 6.45) is 8.84. The Labute approximate surface area is 267 Å². The number of hydrogen-bond acceptors (Lipinski definition) is 7. The Morgan fingerprint density at radius 2 is 1.71 bits per heavy atom. The number of aromatic nitrogens is 2. The smallest absolute Gasteiger partial charge is 0.475 e. The van der Waals surface area contributed by atoms with Gasteiger partial charge in [-0.25, -0.2) is 9.78 Å². The number of carboxylic acids is 1. The van der Waals surface area contributed by atoms with Gasteiger partial charge in [-0.3, -0.25) is 14.2 Å². The Hall–Kier alpha value is -2.90. The lowest BCUT2D eigenvalue weighted by atomic mass is 9.84. The highest BCUT2D eigenvalue weighted by atomic mass is 32.1. The molecule has 2 fully saturated rings. The van der Waals surface area contributed by atoms with Crippen LogP contribution in [0.1, 0.15) is 99.0 Å². The highest BCUT2D eigenvalue weighted by molar-refractivity contribution is 7.80. The van der Waals surface area contributed by atoms with Crippen LogP contribution < -0.4 is 10.9 Å². The number of thiol groups is 1. The first-order valence-electron chi connectivity index (χ1n) is 15.9. The topological polar surface area (TPSA) is 114 Å². The Balaban J connectivity index is 0.000000591. The van der Waals surface area contributed by atoms with Crippen molar-refractivity contribution in [2.45, 2.75) is 101 Å². The molecule has 3 aliphatic rings. The van der Waals surface area contributed by atoms with Gasteiger partial charge >= 0.3 is 12.1 Å². The molecule has 1 unspecified atom stereocenters. The Morgan fingerprint density at radius 3 is 2.33 bits per heavy atom. The number of alkyl halides is 3. The molecule has 1 amide bonds. The molecular weight excluding hydrogens is 609 g/mol. The van der Waals surface area contributed by atoms with Gasteiger partial charge in [-0.2, -0.15) is 13.2 Å². The monoisotopic (exact) mass is 652 g/mol. The quantitative estimate of drug-likeness (QED) is 0.215. The molecule has 2 aromatic rings. The van der Waals surface area contributed by atoms with Gasteiger partial charge in [-0.05, 0) is 63.6 Å². The first-order valence-corrected chi connectivity index (χ1v) is 16.4. The first kappa shape index (κ1) is 35.0. The van der Waals surface area contributed by atoms with E-state index in [0.717, 1.165) is 62.5 Å². The second-order valence-electron chi connectivity index (χ2n) is 11.8. The molecule has 13 heteroatoms. The van der Waals surface area contributed by atoms with E-state index in [2.05, 4.69) is 5.32 Å². The molecule has 1 aromatic carbocycles. The summed E-state index contributed by atoms with van der Waals surface area (Å²) < 4.78 is 39.5. The average molecular weight is 653 g/mol. The minimum Gasteiger partial charge on any atom is -0.475 e. The molecule has 0 spiro atoms. The van der Waals surface area contributed by atoms with E-state index in [-0.39, 0.29) is 18.0 Å². The first-order chi connectivity index (χ1) is 21.6. The summed E-state index contributed by atoms with van der Waals surface area (Å²) in [5.41, 5.74) is 2.07. The predicted molar refractivity (Wildman–Crippen MR) is 167 cm³/mol. The highest BCUT2D eigenvalue weighted by Crippen LogP contribution is 2.38. The lowest BCUT2D eigenvalue weighted by Crippen LogP contribution is -2.46. The second-order valence-corrected chi connectivity index (χ2v) is 12.3. The molecule has 2 aliphatic carbocycles. The van der Waals surface area contributed by atoms with Crippen molar-refractivity contribution in [3.05, 3.63) is 57.8 Å². The predicted octanol–water partition coefficient (Wildman–Crippen LogP) is 5.56. The Morgan fingerprint density at radius 1 is 1.02 bits per heavy atom. The normalized spacial score (nSPS) is 18.8. The van der Waals surface area contributed by atoms with Gasteiger partial charge in [0.1, 0.15) is 11.2 Å². The van der Waals surface area contributed by atoms with Crippen molar-refractivity contribution in [3.63, 3.8) is 0 Å². The summed E-state index contributed by atoms with van der Waals surface area (Å²) >= 11 is 4.78. The fourth-order valence-corrected chi connectivity index (χ4v) is 6.39. The molecule has 0 bridgehead atoms. The number of carboxylic acid groups (broad SMARTS) is 1. The van der Waals surface area contributed by atoms with Crippen LogP contribution >= 0.6 is 12.6 Å². The summed E-state index contributed by atoms with van der Waals surface area (Å²) in [6.45, 7) is 2.43. The summed E-state index contributed by atoms with van der Waals surface area (Å²) in [4.78, 5) is 42.6. The largest absolute Gasteiger partial charge is 0.490 e. The van der Waals surface area contributed by atoms with Crippen LogP contribution in [0.3, 0.4) is 0 Å². The zero-order chi connectivity index (χ0) is 32.4. The van der Waals surface area contributed by atoms with Crippen molar-refractivity contribution in [1.29, 1.82) is 0 Å². The molecule has 248 valence electrons. The molecule has 2 heterocycles. The molecule has 0 saturated heterocycles. The van der Waals surface area contributed by atoms with E-state index in [1.54, 1.807) is 9.47 Å². The van der Waals surface area contributed by atoms with E-state index in [1.165, 1.54) is 38.5 Å². The Kier molecular flexibility index (Phi) is 12.9. The number of unbranched alkanes of at least 4 members (excludes halogenated alkanes) is 2. The number of hydrogen-bond donors (Lipinski definition) is 3. The van der Waals surface area contributed by atoms with E-state index in [1.807, 2.05) is 30.3 Å². The fourth-order valence-electron chi connectivity index (χ4n) is 5.89. The van der Waals surface area contributed by atoms with Gasteiger partial charge in [0.2, 0.25) is 5.91 Å². The lowest BCUT2D eigenvalue weighted by molar-refractivity contribution is -0.192. The number of rotatable bonds is 11. The second kappa shape index (κ2) is 16.6. The molecule has 45 heavy (non-hydrogen) atoms. The number of aliphatic carboxylic acids is 1. The molecule has 0 radical (unpaired) electrons. The number of ether oxygens (including phenoxy) is 1. The maximum Gasteiger partial charge on any atom is 0.490 e. The summed E-state index contributed by atoms with van der Waals surface area (Å²) in [6, 6.07) is 9.72. The third-order valence-electron chi connectivity index (χ3n) is 8.59. The number of nitrogens with zero attached hydrogens (tertiary/aromatic N) is 3. The van der Waals surface area contributed by atoms with Crippen molar-refractivity contribution in [1.82, 2.24) is 19.8 Å². The molecule has 5 rings (SSSR count). The number of nitrogens with one attached hydrogen (secondary N) is 1. The molecule has 9 nitrogen and oxygen atoms in total. The zero-order valence-corrected chi connectivity index (χ0v) is 26.3. The number of fused-ring (bicyclic) bond motifs is 1. The van der Waals surface area contributed by atoms with Gasteiger partial charge in [0.05, 0.1) is 29.6 Å². The molecule has 1 atom stereocenters. The average Bonchev–Trinajstić information content (AvgIpc) is 2.98. The SMILES string of the molecule is O=C(CNCCCCCOC1CCCCC1)N1CCc2nc(C3CCC3)n(-c3ccccc3)c(=O)c2C1S.O=C(O)C(F)(F)F. The number of carbonyl (C=O) groups is 2. The lowest BCUT2D eigenvalue weighted by Gasteiger charge is -2.35. The van der Waals surface area contributed by atoms with Gasteiger partial charge in [-0.1, -0.05) is 43.9 Å². The van der Waals surface area contributed by atoms with Crippen LogP contribution in [0.15, 0.2) is 35.1 Å². The van der Waals surface area contributed by atoms with E-state index in [4.69, 9.17) is 32.3 Å². The van der Waals surface area contributed by atoms with Crippen LogP contribution in [0.2, 0.25) is 0 Å². The number of halogens is 3. The molecule has 1 aliphatic heterocycles. The minimum absolute atomic E-state index is 0.0231. The van der Waals surface area contributed by atoms with Gasteiger partial charge in [0.15, 0.2) is 0 Å². The molecule has 2 N–H and O–H groups in total. The van der Waals surface area contributed by atoms with Gasteiger partial charge in [0, 0.05) is 25.5 Å². The summed E-state index contributed by atoms with van der Waals surface area (Å²) in [5, 5.41) is 9.83. The van der Waals surface area contributed by atoms with Crippen LogP contribution in [0.25, 0.3) is 5.69 Å². The standard InChI is InChI=1S/C30H42N4O3S.C2HF3O2/c35-26(21-31-18-8-3-9-20-37-24-15-6-2-7-16-24)33-19-17-25-27(30(33)38)29(36)34(23-13-4-1-5-14-23)28(32-25)22-11-10-12-22;3-2(4,5)1(6)7/h1,4-5,13-14,22,24,30-31,38H,2-3,6-12,15-21H2;(H,6,7). The van der Waals surface area contributed by atoms with Crippen molar-refractivity contribution in [2.24, 2.45) is 0 Å². The number of amides is 1. The summed E-state index contributed by atoms with van der Waals surface area (Å²) in [7, 11) is 0. The van der Waals surface area contributed by atoms with Crippen molar-refractivity contribution in [3.8, 4) is 5.69 Å². The number of para-hydroxylation sites is 1. The van der Waals surface area contributed by atoms with Crippen LogP contribution in [-0.2, 0) is 20.7 Å². The van der Waals surface area contributed by atoms with Crippen molar-refractivity contribution < 1.29 is 32.6 Å². The highest BCUT2D eigenvalue weighted by Gasteiger charge is 2.38. The van der Waals surface area contributed by atoms with E-state index in [9.17, 15) is 22.8 Å². The van der Waals surface area contributed by atoms with Crippen LogP contribution in [0.4, 0.5) is 13.2 Å². The van der Waals surface area contributed by atoms with Crippen LogP contribution in [0.5, 0.6) is 0 Å². The number of carbonyl (C=O) groups excluding carboxylic acids is 1. The third-order valence-corrected chi connectivity index (χ3v) is 9.13. The zero-order valence-electron chi connectivity index (χ0n) is 25.4. The number of benzene rings is 1. The van der Waals surface area contributed by atoms with Gasteiger partial charge in [0.25, 0.3) is 5.56 Å². The molecule has 1 aromatic heterocycles. The summed E-state index contributed by atoms with van der Waals surface area (Å²) in [5.74, 6) is -1.61. The van der Waals surface area contributed by atoms with Gasteiger partial charge < -0.3 is 20.1 Å². The Bertz CT molecular complexity index is 1330.